The maximum atomic E-state index is 6.23. The van der Waals surface area contributed by atoms with Crippen LogP contribution < -0.4 is 16.8 Å². The Labute approximate surface area is 175 Å². The van der Waals surface area contributed by atoms with Gasteiger partial charge in [-0.05, 0) is 92.7 Å². The molecular weight excluding hydrogens is 350 g/mol. The zero-order valence-corrected chi connectivity index (χ0v) is 20.2. The lowest BCUT2D eigenvalue weighted by Crippen LogP contribution is -2.40. The molecule has 5 N–H and O–H groups in total. The van der Waals surface area contributed by atoms with E-state index in [1.165, 1.54) is 0 Å². The molecule has 0 aliphatic rings. The standard InChI is InChI=1S/C23H51N3O2/c1-9-21(6,25)15-19-28-23(8,11-3)13-17-26-16-12-22(7,10-2)27-18-14-20(4,5)24/h26H,9-19,24-25H2,1-8H3. The van der Waals surface area contributed by atoms with Gasteiger partial charge in [0.05, 0.1) is 11.2 Å². The Morgan fingerprint density at radius 3 is 1.43 bits per heavy atom. The van der Waals surface area contributed by atoms with Crippen LogP contribution in [-0.2, 0) is 9.47 Å². The van der Waals surface area contributed by atoms with Crippen LogP contribution in [0, 0.1) is 0 Å². The molecule has 0 bridgehead atoms. The van der Waals surface area contributed by atoms with Crippen molar-refractivity contribution in [2.24, 2.45) is 11.5 Å². The van der Waals surface area contributed by atoms with Gasteiger partial charge in [-0.15, -0.1) is 0 Å². The number of hydrogen-bond acceptors (Lipinski definition) is 5. The van der Waals surface area contributed by atoms with Gasteiger partial charge in [0.2, 0.25) is 0 Å². The van der Waals surface area contributed by atoms with Crippen LogP contribution in [0.3, 0.4) is 0 Å². The van der Waals surface area contributed by atoms with Crippen molar-refractivity contribution in [3.63, 3.8) is 0 Å². The second-order valence-corrected chi connectivity index (χ2v) is 10.1. The van der Waals surface area contributed by atoms with Crippen LogP contribution in [0.1, 0.15) is 100 Å². The van der Waals surface area contributed by atoms with Gasteiger partial charge < -0.3 is 26.3 Å². The van der Waals surface area contributed by atoms with Gasteiger partial charge in [0.25, 0.3) is 0 Å². The minimum Gasteiger partial charge on any atom is -0.375 e. The first kappa shape index (κ1) is 27.8. The fourth-order valence-corrected chi connectivity index (χ4v) is 2.80. The summed E-state index contributed by atoms with van der Waals surface area (Å²) in [6.07, 6.45) is 6.77. The van der Waals surface area contributed by atoms with E-state index in [0.717, 1.165) is 64.6 Å². The number of hydrogen-bond donors (Lipinski definition) is 3. The summed E-state index contributed by atoms with van der Waals surface area (Å²) < 4.78 is 12.4. The van der Waals surface area contributed by atoms with Crippen molar-refractivity contribution in [3.05, 3.63) is 0 Å². The third kappa shape index (κ3) is 13.1. The molecule has 0 rings (SSSR count). The molecular formula is C23H51N3O2. The maximum absolute atomic E-state index is 6.23. The normalized spacial score (nSPS) is 19.1. The Morgan fingerprint density at radius 1 is 0.643 bits per heavy atom. The quantitative estimate of drug-likeness (QED) is 0.315. The average Bonchev–Trinajstić information content (AvgIpc) is 2.60. The summed E-state index contributed by atoms with van der Waals surface area (Å²) in [7, 11) is 0. The molecule has 0 saturated carbocycles. The molecule has 0 aromatic carbocycles. The molecule has 0 radical (unpaired) electrons. The summed E-state index contributed by atoms with van der Waals surface area (Å²) in [5, 5.41) is 3.58. The summed E-state index contributed by atoms with van der Waals surface area (Å²) in [6, 6.07) is 0. The first-order valence-corrected chi connectivity index (χ1v) is 11.4. The largest absolute Gasteiger partial charge is 0.375 e. The smallest absolute Gasteiger partial charge is 0.0664 e. The van der Waals surface area contributed by atoms with Crippen LogP contribution in [-0.4, -0.2) is 48.6 Å². The monoisotopic (exact) mass is 401 g/mol. The SMILES string of the molecule is CCC(C)(N)CCOC(C)(CC)CCNCCC(C)(CC)OCCC(C)(C)N. The van der Waals surface area contributed by atoms with Crippen LogP contribution in [0.25, 0.3) is 0 Å². The fraction of sp³-hybridized carbons (Fsp3) is 1.00. The average molecular weight is 402 g/mol. The van der Waals surface area contributed by atoms with Crippen molar-refractivity contribution in [3.8, 4) is 0 Å². The molecule has 0 aliphatic carbocycles. The van der Waals surface area contributed by atoms with Crippen LogP contribution in [0.5, 0.6) is 0 Å². The molecule has 0 aromatic heterocycles. The number of nitrogens with one attached hydrogen (secondary N) is 1. The highest BCUT2D eigenvalue weighted by molar-refractivity contribution is 4.80. The summed E-state index contributed by atoms with van der Waals surface area (Å²) in [4.78, 5) is 0. The van der Waals surface area contributed by atoms with E-state index in [0.29, 0.717) is 6.61 Å². The van der Waals surface area contributed by atoms with Gasteiger partial charge >= 0.3 is 0 Å². The number of ether oxygens (including phenoxy) is 2. The molecule has 170 valence electrons. The molecule has 3 unspecified atom stereocenters. The van der Waals surface area contributed by atoms with Crippen molar-refractivity contribution in [1.82, 2.24) is 5.32 Å². The Kier molecular flexibility index (Phi) is 12.4. The Morgan fingerprint density at radius 2 is 1.07 bits per heavy atom. The second kappa shape index (κ2) is 12.5. The molecule has 5 heteroatoms. The molecule has 5 nitrogen and oxygen atoms in total. The summed E-state index contributed by atoms with van der Waals surface area (Å²) >= 11 is 0. The van der Waals surface area contributed by atoms with Crippen molar-refractivity contribution in [2.75, 3.05) is 26.3 Å². The number of nitrogens with two attached hydrogens (primary N) is 2. The van der Waals surface area contributed by atoms with E-state index in [-0.39, 0.29) is 22.3 Å². The molecule has 0 fully saturated rings. The lowest BCUT2D eigenvalue weighted by molar-refractivity contribution is -0.0493. The van der Waals surface area contributed by atoms with Crippen molar-refractivity contribution >= 4 is 0 Å². The predicted octanol–water partition coefficient (Wildman–Crippen LogP) is 4.37. The third-order valence-electron chi connectivity index (χ3n) is 6.29. The number of rotatable bonds is 17. The van der Waals surface area contributed by atoms with E-state index < -0.39 is 0 Å². The van der Waals surface area contributed by atoms with Crippen LogP contribution in [0.15, 0.2) is 0 Å². The molecule has 28 heavy (non-hydrogen) atoms. The zero-order valence-electron chi connectivity index (χ0n) is 20.2. The Hall–Kier alpha value is -0.200. The molecule has 0 aliphatic heterocycles. The summed E-state index contributed by atoms with van der Waals surface area (Å²) in [6.45, 7) is 20.5. The van der Waals surface area contributed by atoms with Gasteiger partial charge in [-0.1, -0.05) is 20.8 Å². The second-order valence-electron chi connectivity index (χ2n) is 10.1. The summed E-state index contributed by atoms with van der Waals surface area (Å²) in [5.41, 5.74) is 11.8. The van der Waals surface area contributed by atoms with E-state index in [1.54, 1.807) is 0 Å². The van der Waals surface area contributed by atoms with E-state index in [9.17, 15) is 0 Å². The maximum Gasteiger partial charge on any atom is 0.0664 e. The third-order valence-corrected chi connectivity index (χ3v) is 6.29. The van der Waals surface area contributed by atoms with Crippen molar-refractivity contribution in [1.29, 1.82) is 0 Å². The fourth-order valence-electron chi connectivity index (χ4n) is 2.80. The highest BCUT2D eigenvalue weighted by Crippen LogP contribution is 2.23. The lowest BCUT2D eigenvalue weighted by Gasteiger charge is -2.32. The van der Waals surface area contributed by atoms with Gasteiger partial charge in [-0.3, -0.25) is 0 Å². The van der Waals surface area contributed by atoms with E-state index in [4.69, 9.17) is 20.9 Å². The van der Waals surface area contributed by atoms with Crippen LogP contribution >= 0.6 is 0 Å². The molecule has 0 spiro atoms. The van der Waals surface area contributed by atoms with E-state index >= 15 is 0 Å². The van der Waals surface area contributed by atoms with E-state index in [1.807, 2.05) is 13.8 Å². The van der Waals surface area contributed by atoms with Crippen LogP contribution in [0.4, 0.5) is 0 Å². The molecule has 0 amide bonds. The molecule has 0 heterocycles. The highest BCUT2D eigenvalue weighted by atomic mass is 16.5. The lowest BCUT2D eigenvalue weighted by atomic mass is 9.95. The Balaban J connectivity index is 4.17. The van der Waals surface area contributed by atoms with E-state index in [2.05, 4.69) is 46.9 Å². The van der Waals surface area contributed by atoms with Gasteiger partial charge in [-0.25, -0.2) is 0 Å². The molecule has 0 saturated heterocycles. The topological polar surface area (TPSA) is 82.5 Å². The van der Waals surface area contributed by atoms with Gasteiger partial charge in [0.15, 0.2) is 0 Å². The zero-order chi connectivity index (χ0) is 21.9. The molecule has 3 atom stereocenters. The molecule has 0 aromatic rings. The highest BCUT2D eigenvalue weighted by Gasteiger charge is 2.26. The minimum atomic E-state index is -0.171. The first-order valence-electron chi connectivity index (χ1n) is 11.4. The Bertz CT molecular complexity index is 409. The van der Waals surface area contributed by atoms with Gasteiger partial charge in [-0.2, -0.15) is 0 Å². The minimum absolute atomic E-state index is 0.0887. The van der Waals surface area contributed by atoms with Gasteiger partial charge in [0, 0.05) is 24.3 Å². The van der Waals surface area contributed by atoms with Crippen molar-refractivity contribution in [2.45, 2.75) is 123 Å². The first-order chi connectivity index (χ1) is 12.8. The van der Waals surface area contributed by atoms with Crippen molar-refractivity contribution < 1.29 is 9.47 Å². The van der Waals surface area contributed by atoms with Crippen LogP contribution in [0.2, 0.25) is 0 Å². The summed E-state index contributed by atoms with van der Waals surface area (Å²) in [5.74, 6) is 0. The predicted molar refractivity (Wildman–Crippen MR) is 122 cm³/mol. The van der Waals surface area contributed by atoms with Gasteiger partial charge in [0.1, 0.15) is 0 Å².